The minimum absolute atomic E-state index is 0.272. The number of pyridine rings is 1. The number of imidazole rings is 1. The molecule has 96 valence electrons. The first kappa shape index (κ1) is 11.8. The van der Waals surface area contributed by atoms with Crippen LogP contribution in [0.2, 0.25) is 0 Å². The van der Waals surface area contributed by atoms with Gasteiger partial charge in [-0.05, 0) is 52.7 Å². The Bertz CT molecular complexity index is 687. The molecular formula is C16H23N2+. The van der Waals surface area contributed by atoms with Gasteiger partial charge in [0, 0.05) is 12.5 Å². The van der Waals surface area contributed by atoms with E-state index in [0.717, 1.165) is 0 Å². The van der Waals surface area contributed by atoms with E-state index in [-0.39, 0.29) is 5.54 Å². The fourth-order valence-electron chi connectivity index (χ4n) is 3.57. The molecule has 2 aromatic rings. The van der Waals surface area contributed by atoms with Crippen LogP contribution in [-0.4, -0.2) is 4.40 Å². The van der Waals surface area contributed by atoms with E-state index in [1.807, 2.05) is 0 Å². The van der Waals surface area contributed by atoms with Crippen LogP contribution in [0.25, 0.3) is 5.65 Å². The van der Waals surface area contributed by atoms with Gasteiger partial charge < -0.3 is 0 Å². The number of fused-ring (bicyclic) bond motifs is 3. The van der Waals surface area contributed by atoms with Gasteiger partial charge in [0.15, 0.2) is 5.69 Å². The smallest absolute Gasteiger partial charge is 0.221 e. The molecule has 2 nitrogen and oxygen atoms in total. The van der Waals surface area contributed by atoms with E-state index < -0.39 is 0 Å². The summed E-state index contributed by atoms with van der Waals surface area (Å²) in [4.78, 5) is 0. The van der Waals surface area contributed by atoms with Crippen LogP contribution in [0.3, 0.4) is 0 Å². The predicted molar refractivity (Wildman–Crippen MR) is 74.3 cm³/mol. The molecule has 0 N–H and O–H groups in total. The predicted octanol–water partition coefficient (Wildman–Crippen LogP) is 3.06. The van der Waals surface area contributed by atoms with E-state index in [0.29, 0.717) is 0 Å². The molecule has 0 aliphatic carbocycles. The zero-order valence-electron chi connectivity index (χ0n) is 12.6. The maximum Gasteiger partial charge on any atom is 0.290 e. The first-order valence-electron chi connectivity index (χ1n) is 6.80. The van der Waals surface area contributed by atoms with Crippen LogP contribution in [0.1, 0.15) is 47.6 Å². The molecule has 1 aliphatic heterocycles. The summed E-state index contributed by atoms with van der Waals surface area (Å²) in [6.45, 7) is 15.9. The number of rotatable bonds is 0. The zero-order chi connectivity index (χ0) is 13.4. The second-order valence-corrected chi connectivity index (χ2v) is 6.48. The molecule has 0 atom stereocenters. The van der Waals surface area contributed by atoms with Crippen LogP contribution in [0.4, 0.5) is 0 Å². The maximum absolute atomic E-state index is 2.54. The Morgan fingerprint density at radius 2 is 1.50 bits per heavy atom. The Labute approximate surface area is 109 Å². The molecule has 0 saturated carbocycles. The molecule has 18 heavy (non-hydrogen) atoms. The molecule has 0 unspecified atom stereocenters. The summed E-state index contributed by atoms with van der Waals surface area (Å²) in [5.41, 5.74) is 10.3. The number of aryl methyl sites for hydroxylation is 3. The first-order valence-corrected chi connectivity index (χ1v) is 6.80. The fourth-order valence-corrected chi connectivity index (χ4v) is 3.57. The Hall–Kier alpha value is -1.31. The Morgan fingerprint density at radius 3 is 2.06 bits per heavy atom. The van der Waals surface area contributed by atoms with Gasteiger partial charge in [0.2, 0.25) is 0 Å². The minimum Gasteiger partial charge on any atom is -0.221 e. The van der Waals surface area contributed by atoms with Crippen molar-refractivity contribution in [3.05, 3.63) is 33.8 Å². The fraction of sp³-hybridized carbons (Fsp3) is 0.562. The second-order valence-electron chi connectivity index (χ2n) is 6.48. The normalized spacial score (nSPS) is 16.8. The van der Waals surface area contributed by atoms with E-state index in [1.54, 1.807) is 0 Å². The van der Waals surface area contributed by atoms with Gasteiger partial charge in [-0.15, -0.1) is 0 Å². The third-order valence-electron chi connectivity index (χ3n) is 4.99. The van der Waals surface area contributed by atoms with Crippen LogP contribution in [0, 0.1) is 34.6 Å². The highest BCUT2D eigenvalue weighted by Crippen LogP contribution is 2.33. The molecule has 3 heterocycles. The van der Waals surface area contributed by atoms with Crippen LogP contribution in [0.5, 0.6) is 0 Å². The van der Waals surface area contributed by atoms with E-state index in [2.05, 4.69) is 57.4 Å². The van der Waals surface area contributed by atoms with Gasteiger partial charge in [-0.2, -0.15) is 4.40 Å². The lowest BCUT2D eigenvalue weighted by molar-refractivity contribution is -0.781. The molecule has 0 aromatic carbocycles. The van der Waals surface area contributed by atoms with Crippen LogP contribution < -0.4 is 4.57 Å². The highest BCUT2D eigenvalue weighted by atomic mass is 15.2. The lowest BCUT2D eigenvalue weighted by Gasteiger charge is -2.32. The van der Waals surface area contributed by atoms with Crippen molar-refractivity contribution in [3.63, 3.8) is 0 Å². The topological polar surface area (TPSA) is 8.29 Å². The average Bonchev–Trinajstić information content (AvgIpc) is 2.54. The van der Waals surface area contributed by atoms with Crippen molar-refractivity contribution in [3.8, 4) is 0 Å². The molecule has 0 spiro atoms. The van der Waals surface area contributed by atoms with E-state index in [1.165, 1.54) is 45.8 Å². The van der Waals surface area contributed by atoms with E-state index in [4.69, 9.17) is 0 Å². The summed E-state index contributed by atoms with van der Waals surface area (Å²) in [5, 5.41) is 0. The van der Waals surface area contributed by atoms with Crippen molar-refractivity contribution in [1.29, 1.82) is 0 Å². The highest BCUT2D eigenvalue weighted by molar-refractivity contribution is 5.54. The Kier molecular flexibility index (Phi) is 2.07. The molecule has 1 aliphatic rings. The van der Waals surface area contributed by atoms with Crippen molar-refractivity contribution in [2.24, 2.45) is 0 Å². The molecule has 0 fully saturated rings. The monoisotopic (exact) mass is 243 g/mol. The van der Waals surface area contributed by atoms with Crippen molar-refractivity contribution >= 4 is 5.65 Å². The molecule has 0 amide bonds. The number of hydrogen-bond donors (Lipinski definition) is 0. The molecule has 2 aromatic heterocycles. The summed E-state index contributed by atoms with van der Waals surface area (Å²) in [5.74, 6) is 0. The van der Waals surface area contributed by atoms with Crippen LogP contribution in [0.15, 0.2) is 0 Å². The van der Waals surface area contributed by atoms with E-state index in [9.17, 15) is 0 Å². The summed E-state index contributed by atoms with van der Waals surface area (Å²) in [7, 11) is 0. The highest BCUT2D eigenvalue weighted by Gasteiger charge is 2.46. The number of aromatic nitrogens is 2. The summed E-state index contributed by atoms with van der Waals surface area (Å²) in [6.07, 6.45) is 1.19. The lowest BCUT2D eigenvalue weighted by atomic mass is 9.88. The van der Waals surface area contributed by atoms with Gasteiger partial charge in [-0.1, -0.05) is 0 Å². The number of hydrogen-bond acceptors (Lipinski definition) is 0. The van der Waals surface area contributed by atoms with Gasteiger partial charge in [0.25, 0.3) is 5.65 Å². The van der Waals surface area contributed by atoms with Gasteiger partial charge >= 0.3 is 0 Å². The molecule has 2 heteroatoms. The van der Waals surface area contributed by atoms with Gasteiger partial charge in [-0.3, -0.25) is 0 Å². The van der Waals surface area contributed by atoms with Crippen molar-refractivity contribution in [1.82, 2.24) is 4.40 Å². The molecule has 3 rings (SSSR count). The minimum atomic E-state index is 0.272. The summed E-state index contributed by atoms with van der Waals surface area (Å²) >= 11 is 0. The SMILES string of the molecule is Cc1c(C)c(C)n2c(C)c3[n+](c2c1C)C(C)(C)C3. The van der Waals surface area contributed by atoms with Gasteiger partial charge in [0.1, 0.15) is 16.9 Å². The first-order chi connectivity index (χ1) is 8.27. The Balaban J connectivity index is 2.58. The van der Waals surface area contributed by atoms with Crippen molar-refractivity contribution in [2.75, 3.05) is 0 Å². The van der Waals surface area contributed by atoms with E-state index >= 15 is 0 Å². The molecule has 0 bridgehead atoms. The molecule has 0 radical (unpaired) electrons. The average molecular weight is 243 g/mol. The third kappa shape index (κ3) is 1.12. The summed E-state index contributed by atoms with van der Waals surface area (Å²) in [6, 6.07) is 0. The Morgan fingerprint density at radius 1 is 0.889 bits per heavy atom. The van der Waals surface area contributed by atoms with Crippen molar-refractivity contribution in [2.45, 2.75) is 60.4 Å². The maximum atomic E-state index is 2.54. The second kappa shape index (κ2) is 3.17. The zero-order valence-corrected chi connectivity index (χ0v) is 12.6. The van der Waals surface area contributed by atoms with Gasteiger partial charge in [0.05, 0.1) is 6.42 Å². The standard InChI is InChI=1S/C16H23N2/c1-9-10(2)12(4)17-13(5)14-8-16(6,7)18(14)15(17)11(9)3/h8H2,1-7H3/q+1. The summed E-state index contributed by atoms with van der Waals surface area (Å²) < 4.78 is 5.00. The van der Waals surface area contributed by atoms with Crippen LogP contribution in [-0.2, 0) is 12.0 Å². The molecule has 0 saturated heterocycles. The van der Waals surface area contributed by atoms with Crippen LogP contribution >= 0.6 is 0 Å². The van der Waals surface area contributed by atoms with Crippen molar-refractivity contribution < 1.29 is 4.57 Å². The quantitative estimate of drug-likeness (QED) is 0.629. The van der Waals surface area contributed by atoms with Gasteiger partial charge in [-0.25, -0.2) is 4.57 Å². The third-order valence-corrected chi connectivity index (χ3v) is 4.99. The number of nitrogens with zero attached hydrogens (tertiary/aromatic N) is 2. The lowest BCUT2D eigenvalue weighted by Crippen LogP contribution is -2.65. The largest absolute Gasteiger partial charge is 0.290 e. The molecular weight excluding hydrogens is 220 g/mol.